The maximum absolute atomic E-state index is 13.6. The van der Waals surface area contributed by atoms with Gasteiger partial charge in [0.05, 0.1) is 0 Å². The number of rotatable bonds is 10. The van der Waals surface area contributed by atoms with E-state index in [0.717, 1.165) is 11.1 Å². The van der Waals surface area contributed by atoms with Gasteiger partial charge in [0, 0.05) is 19.6 Å². The molecule has 0 saturated carbocycles. The van der Waals surface area contributed by atoms with Crippen molar-refractivity contribution in [1.82, 2.24) is 15.5 Å². The minimum atomic E-state index is -0.777. The van der Waals surface area contributed by atoms with Crippen LogP contribution in [0, 0.1) is 5.41 Å². The Hall–Kier alpha value is -3.55. The van der Waals surface area contributed by atoms with E-state index < -0.39 is 17.7 Å². The summed E-state index contributed by atoms with van der Waals surface area (Å²) in [6.45, 7) is 6.57. The number of hydrogen-bond donors (Lipinski definition) is 4. The highest BCUT2D eigenvalue weighted by atomic mass is 16.6. The number of hydrogen-bond acceptors (Lipinski definition) is 4. The molecule has 33 heavy (non-hydrogen) atoms. The Morgan fingerprint density at radius 1 is 1.00 bits per heavy atom. The number of alkyl carbamates (subject to hydrolysis) is 1. The molecule has 178 valence electrons. The zero-order valence-corrected chi connectivity index (χ0v) is 19.6. The quantitative estimate of drug-likeness (QED) is 0.250. The van der Waals surface area contributed by atoms with Gasteiger partial charge in [0.1, 0.15) is 11.6 Å². The number of benzene rings is 2. The zero-order valence-electron chi connectivity index (χ0n) is 19.6. The van der Waals surface area contributed by atoms with Gasteiger partial charge in [0.15, 0.2) is 5.96 Å². The Labute approximate surface area is 196 Å². The first-order chi connectivity index (χ1) is 15.6. The fourth-order valence-corrected chi connectivity index (χ4v) is 3.28. The first-order valence-electron chi connectivity index (χ1n) is 11.1. The van der Waals surface area contributed by atoms with Crippen molar-refractivity contribution in [3.63, 3.8) is 0 Å². The van der Waals surface area contributed by atoms with Gasteiger partial charge in [0.2, 0.25) is 5.91 Å². The lowest BCUT2D eigenvalue weighted by Gasteiger charge is -2.29. The van der Waals surface area contributed by atoms with Crippen LogP contribution in [-0.2, 0) is 22.6 Å². The highest BCUT2D eigenvalue weighted by molar-refractivity contribution is 5.85. The minimum absolute atomic E-state index is 0.132. The lowest BCUT2D eigenvalue weighted by Crippen LogP contribution is -2.49. The van der Waals surface area contributed by atoms with Gasteiger partial charge < -0.3 is 26.0 Å². The monoisotopic (exact) mass is 453 g/mol. The molecule has 2 amide bonds. The molecule has 5 N–H and O–H groups in total. The molecular formula is C25H35N5O3. The van der Waals surface area contributed by atoms with E-state index in [1.54, 1.807) is 25.7 Å². The maximum atomic E-state index is 13.6. The summed E-state index contributed by atoms with van der Waals surface area (Å²) in [5.74, 6) is -0.329. The van der Waals surface area contributed by atoms with Crippen molar-refractivity contribution in [2.24, 2.45) is 5.73 Å². The number of carbonyl (C=O) groups excluding carboxylic acids is 2. The average molecular weight is 454 g/mol. The Balaban J connectivity index is 2.21. The molecule has 0 fully saturated rings. The molecule has 0 radical (unpaired) electrons. The summed E-state index contributed by atoms with van der Waals surface area (Å²) < 4.78 is 5.39. The molecule has 0 aliphatic rings. The van der Waals surface area contributed by atoms with Crippen molar-refractivity contribution in [3.05, 3.63) is 71.8 Å². The number of carbonyl (C=O) groups is 2. The second kappa shape index (κ2) is 12.5. The van der Waals surface area contributed by atoms with Crippen molar-refractivity contribution in [3.8, 4) is 0 Å². The summed E-state index contributed by atoms with van der Waals surface area (Å²) >= 11 is 0. The van der Waals surface area contributed by atoms with E-state index in [1.165, 1.54) is 0 Å². The predicted molar refractivity (Wildman–Crippen MR) is 129 cm³/mol. The standard InChI is InChI=1S/C25H35N5O3/c1-25(2,3)33-24(32)29-21(15-10-16-28-23(26)27)22(31)30(17-19-11-6-4-7-12-19)18-20-13-8-5-9-14-20/h4-9,11-14,21H,10,15-18H2,1-3H3,(H,29,32)(H4,26,27,28)/t21-/m0/s1. The summed E-state index contributed by atoms with van der Waals surface area (Å²) in [5, 5.41) is 12.8. The molecule has 0 aliphatic heterocycles. The van der Waals surface area contributed by atoms with Crippen LogP contribution in [0.3, 0.4) is 0 Å². The highest BCUT2D eigenvalue weighted by Gasteiger charge is 2.28. The Morgan fingerprint density at radius 3 is 1.97 bits per heavy atom. The van der Waals surface area contributed by atoms with Crippen molar-refractivity contribution in [2.75, 3.05) is 6.54 Å². The van der Waals surface area contributed by atoms with Gasteiger partial charge in [0.25, 0.3) is 0 Å². The molecule has 0 saturated heterocycles. The van der Waals surface area contributed by atoms with E-state index in [0.29, 0.717) is 32.5 Å². The number of nitrogens with one attached hydrogen (secondary N) is 3. The second-order valence-electron chi connectivity index (χ2n) is 8.85. The van der Waals surface area contributed by atoms with E-state index in [2.05, 4.69) is 10.6 Å². The van der Waals surface area contributed by atoms with Crippen LogP contribution < -0.4 is 16.4 Å². The van der Waals surface area contributed by atoms with Crippen LogP contribution in [0.2, 0.25) is 0 Å². The number of ether oxygens (including phenoxy) is 1. The van der Waals surface area contributed by atoms with Gasteiger partial charge in [-0.05, 0) is 44.7 Å². The lowest BCUT2D eigenvalue weighted by atomic mass is 10.1. The van der Waals surface area contributed by atoms with Crippen LogP contribution in [0.4, 0.5) is 4.79 Å². The third kappa shape index (κ3) is 10.1. The topological polar surface area (TPSA) is 121 Å². The molecule has 0 aliphatic carbocycles. The fourth-order valence-electron chi connectivity index (χ4n) is 3.28. The van der Waals surface area contributed by atoms with Crippen molar-refractivity contribution in [2.45, 2.75) is 58.3 Å². The largest absolute Gasteiger partial charge is 0.444 e. The average Bonchev–Trinajstić information content (AvgIpc) is 2.75. The van der Waals surface area contributed by atoms with Crippen LogP contribution in [0.25, 0.3) is 0 Å². The normalized spacial score (nSPS) is 11.8. The van der Waals surface area contributed by atoms with Crippen LogP contribution in [0.15, 0.2) is 60.7 Å². The molecule has 8 nitrogen and oxygen atoms in total. The molecule has 0 aromatic heterocycles. The molecule has 0 unspecified atom stereocenters. The minimum Gasteiger partial charge on any atom is -0.444 e. The molecule has 1 atom stereocenters. The van der Waals surface area contributed by atoms with Crippen molar-refractivity contribution >= 4 is 18.0 Å². The predicted octanol–water partition coefficient (Wildman–Crippen LogP) is 3.37. The van der Waals surface area contributed by atoms with Crippen LogP contribution in [0.5, 0.6) is 0 Å². The van der Waals surface area contributed by atoms with E-state index in [1.807, 2.05) is 60.7 Å². The molecule has 0 heterocycles. The third-order valence-corrected chi connectivity index (χ3v) is 4.72. The molecular weight excluding hydrogens is 418 g/mol. The van der Waals surface area contributed by atoms with Gasteiger partial charge in [-0.25, -0.2) is 4.79 Å². The molecule has 2 aromatic rings. The van der Waals surface area contributed by atoms with Gasteiger partial charge in [-0.3, -0.25) is 10.2 Å². The van der Waals surface area contributed by atoms with E-state index in [9.17, 15) is 9.59 Å². The van der Waals surface area contributed by atoms with Gasteiger partial charge in [-0.1, -0.05) is 60.7 Å². The van der Waals surface area contributed by atoms with E-state index in [-0.39, 0.29) is 11.9 Å². The summed E-state index contributed by atoms with van der Waals surface area (Å²) in [6.07, 6.45) is 0.272. The molecule has 2 rings (SSSR count). The van der Waals surface area contributed by atoms with Crippen molar-refractivity contribution < 1.29 is 14.3 Å². The summed E-state index contributed by atoms with van der Waals surface area (Å²) in [6, 6.07) is 18.7. The molecule has 0 spiro atoms. The van der Waals surface area contributed by atoms with E-state index in [4.69, 9.17) is 15.9 Å². The number of amides is 2. The van der Waals surface area contributed by atoms with Crippen LogP contribution in [-0.4, -0.2) is 41.0 Å². The zero-order chi connectivity index (χ0) is 24.3. The summed E-state index contributed by atoms with van der Waals surface area (Å²) in [4.78, 5) is 27.9. The SMILES string of the molecule is CC(C)(C)OC(=O)N[C@@H](CCCNC(=N)N)C(=O)N(Cc1ccccc1)Cc1ccccc1. The van der Waals surface area contributed by atoms with E-state index >= 15 is 0 Å². The number of guanidine groups is 1. The van der Waals surface area contributed by atoms with Crippen LogP contribution >= 0.6 is 0 Å². The first kappa shape index (κ1) is 25.7. The van der Waals surface area contributed by atoms with Crippen molar-refractivity contribution in [1.29, 1.82) is 5.41 Å². The Kier molecular flexibility index (Phi) is 9.72. The Bertz CT molecular complexity index is 856. The first-order valence-corrected chi connectivity index (χ1v) is 11.1. The molecule has 2 aromatic carbocycles. The Morgan fingerprint density at radius 2 is 1.52 bits per heavy atom. The second-order valence-corrected chi connectivity index (χ2v) is 8.85. The third-order valence-electron chi connectivity index (χ3n) is 4.72. The summed E-state index contributed by atoms with van der Waals surface area (Å²) in [7, 11) is 0. The highest BCUT2D eigenvalue weighted by Crippen LogP contribution is 2.14. The van der Waals surface area contributed by atoms with Gasteiger partial charge in [-0.15, -0.1) is 0 Å². The summed E-state index contributed by atoms with van der Waals surface area (Å²) in [5.41, 5.74) is 6.66. The fraction of sp³-hybridized carbons (Fsp3) is 0.400. The number of nitrogens with zero attached hydrogens (tertiary/aromatic N) is 1. The van der Waals surface area contributed by atoms with Gasteiger partial charge >= 0.3 is 6.09 Å². The lowest BCUT2D eigenvalue weighted by molar-refractivity contribution is -0.135. The number of nitrogens with two attached hydrogens (primary N) is 1. The molecule has 8 heteroatoms. The van der Waals surface area contributed by atoms with Crippen LogP contribution in [0.1, 0.15) is 44.7 Å². The maximum Gasteiger partial charge on any atom is 0.408 e. The molecule has 0 bridgehead atoms. The smallest absolute Gasteiger partial charge is 0.408 e. The van der Waals surface area contributed by atoms with Gasteiger partial charge in [-0.2, -0.15) is 0 Å².